The van der Waals surface area contributed by atoms with Crippen LogP contribution in [-0.2, 0) is 4.79 Å². The van der Waals surface area contributed by atoms with Crippen molar-refractivity contribution in [1.82, 2.24) is 4.90 Å². The molecule has 0 radical (unpaired) electrons. The van der Waals surface area contributed by atoms with Crippen LogP contribution in [0.3, 0.4) is 0 Å². The van der Waals surface area contributed by atoms with Crippen LogP contribution < -0.4 is 0 Å². The number of fused-ring (bicyclic) bond motifs is 1. The lowest BCUT2D eigenvalue weighted by molar-refractivity contribution is -0.138. The first-order valence-electron chi connectivity index (χ1n) is 7.67. The molecule has 2 heterocycles. The number of benzene rings is 1. The number of carbonyl (C=O) groups is 1. The Morgan fingerprint density at radius 2 is 1.90 bits per heavy atom. The normalized spacial score (nSPS) is 18.5. The third-order valence-corrected chi connectivity index (χ3v) is 5.30. The van der Waals surface area contributed by atoms with Crippen molar-refractivity contribution in [1.29, 1.82) is 0 Å². The third-order valence-electron chi connectivity index (χ3n) is 4.32. The molecule has 0 amide bonds. The summed E-state index contributed by atoms with van der Waals surface area (Å²) >= 11 is 1.72. The van der Waals surface area contributed by atoms with E-state index in [0.717, 1.165) is 13.1 Å². The molecular weight excluding hydrogens is 282 g/mol. The van der Waals surface area contributed by atoms with Crippen molar-refractivity contribution in [2.24, 2.45) is 0 Å². The minimum atomic E-state index is -0.709. The maximum Gasteiger partial charge on any atom is 0.305 e. The summed E-state index contributed by atoms with van der Waals surface area (Å²) in [5.41, 5.74) is 1.19. The lowest BCUT2D eigenvalue weighted by atomic mass is 10.0. The van der Waals surface area contributed by atoms with Gasteiger partial charge in [0, 0.05) is 10.7 Å². The summed E-state index contributed by atoms with van der Waals surface area (Å²) in [5.74, 6) is -0.709. The van der Waals surface area contributed by atoms with Crippen molar-refractivity contribution in [2.75, 3.05) is 13.1 Å². The number of hydrogen-bond acceptors (Lipinski definition) is 3. The molecule has 0 spiro atoms. The summed E-state index contributed by atoms with van der Waals surface area (Å²) in [6, 6.07) is 8.33. The van der Waals surface area contributed by atoms with E-state index in [1.54, 1.807) is 11.3 Å². The van der Waals surface area contributed by atoms with E-state index in [1.165, 1.54) is 41.3 Å². The minimum absolute atomic E-state index is 0.0109. The van der Waals surface area contributed by atoms with Crippen molar-refractivity contribution in [3.8, 4) is 0 Å². The van der Waals surface area contributed by atoms with Gasteiger partial charge in [0.1, 0.15) is 0 Å². The summed E-state index contributed by atoms with van der Waals surface area (Å²) in [7, 11) is 0. The van der Waals surface area contributed by atoms with Gasteiger partial charge < -0.3 is 5.11 Å². The van der Waals surface area contributed by atoms with Crippen LogP contribution in [0.15, 0.2) is 29.6 Å². The molecule has 0 aliphatic carbocycles. The van der Waals surface area contributed by atoms with Gasteiger partial charge >= 0.3 is 5.97 Å². The van der Waals surface area contributed by atoms with E-state index in [-0.39, 0.29) is 12.5 Å². The van der Waals surface area contributed by atoms with Crippen LogP contribution in [0.4, 0.5) is 0 Å². The smallest absolute Gasteiger partial charge is 0.305 e. The second-order valence-electron chi connectivity index (χ2n) is 5.75. The number of aliphatic carboxylic acids is 1. The maximum atomic E-state index is 11.3. The van der Waals surface area contributed by atoms with E-state index >= 15 is 0 Å². The van der Waals surface area contributed by atoms with E-state index in [2.05, 4.69) is 22.4 Å². The fourth-order valence-electron chi connectivity index (χ4n) is 3.26. The second-order valence-corrected chi connectivity index (χ2v) is 6.66. The molecule has 1 saturated heterocycles. The zero-order chi connectivity index (χ0) is 14.7. The highest BCUT2D eigenvalue weighted by molar-refractivity contribution is 7.17. The quantitative estimate of drug-likeness (QED) is 0.916. The average Bonchev–Trinajstić information content (AvgIpc) is 2.71. The first-order valence-corrected chi connectivity index (χ1v) is 8.55. The lowest BCUT2D eigenvalue weighted by Crippen LogP contribution is -2.31. The SMILES string of the molecule is O=C(O)CC(c1csc2ccccc12)N1CCCCCC1. The van der Waals surface area contributed by atoms with Crippen LogP contribution in [0.5, 0.6) is 0 Å². The minimum Gasteiger partial charge on any atom is -0.481 e. The molecule has 0 bridgehead atoms. The molecule has 1 aliphatic rings. The molecule has 1 atom stereocenters. The van der Waals surface area contributed by atoms with Gasteiger partial charge in [0.25, 0.3) is 0 Å². The molecule has 1 aromatic carbocycles. The van der Waals surface area contributed by atoms with Crippen molar-refractivity contribution >= 4 is 27.4 Å². The molecule has 112 valence electrons. The summed E-state index contributed by atoms with van der Waals surface area (Å²) in [4.78, 5) is 13.7. The number of likely N-dealkylation sites (tertiary alicyclic amines) is 1. The summed E-state index contributed by atoms with van der Waals surface area (Å²) in [6.45, 7) is 2.03. The van der Waals surface area contributed by atoms with Crippen molar-refractivity contribution in [2.45, 2.75) is 38.1 Å². The van der Waals surface area contributed by atoms with Gasteiger partial charge in [-0.1, -0.05) is 31.0 Å². The second kappa shape index (κ2) is 6.58. The zero-order valence-corrected chi connectivity index (χ0v) is 12.9. The van der Waals surface area contributed by atoms with E-state index in [1.807, 2.05) is 12.1 Å². The van der Waals surface area contributed by atoms with Crippen LogP contribution in [0.25, 0.3) is 10.1 Å². The molecule has 3 rings (SSSR count). The first kappa shape index (κ1) is 14.5. The molecule has 1 aromatic heterocycles. The van der Waals surface area contributed by atoms with E-state index in [4.69, 9.17) is 0 Å². The third kappa shape index (κ3) is 3.27. The molecule has 1 N–H and O–H groups in total. The Kier molecular flexibility index (Phi) is 4.56. The van der Waals surface area contributed by atoms with Crippen molar-refractivity contribution in [3.63, 3.8) is 0 Å². The summed E-state index contributed by atoms with van der Waals surface area (Å²) in [6.07, 6.45) is 5.08. The topological polar surface area (TPSA) is 40.5 Å². The van der Waals surface area contributed by atoms with Gasteiger partial charge in [0.2, 0.25) is 0 Å². The standard InChI is InChI=1S/C17H21NO2S/c19-17(20)11-15(18-9-5-1-2-6-10-18)14-12-21-16-8-4-3-7-13(14)16/h3-4,7-8,12,15H,1-2,5-6,9-11H2,(H,19,20). The number of carboxylic acid groups (broad SMARTS) is 1. The lowest BCUT2D eigenvalue weighted by Gasteiger charge is -2.29. The van der Waals surface area contributed by atoms with Gasteiger partial charge in [0.15, 0.2) is 0 Å². The average molecular weight is 303 g/mol. The van der Waals surface area contributed by atoms with E-state index < -0.39 is 5.97 Å². The largest absolute Gasteiger partial charge is 0.481 e. The fourth-order valence-corrected chi connectivity index (χ4v) is 4.27. The Morgan fingerprint density at radius 3 is 2.62 bits per heavy atom. The van der Waals surface area contributed by atoms with Crippen LogP contribution in [-0.4, -0.2) is 29.1 Å². The Morgan fingerprint density at radius 1 is 1.19 bits per heavy atom. The highest BCUT2D eigenvalue weighted by atomic mass is 32.1. The van der Waals surface area contributed by atoms with Gasteiger partial charge in [-0.25, -0.2) is 0 Å². The number of hydrogen-bond donors (Lipinski definition) is 1. The van der Waals surface area contributed by atoms with Crippen LogP contribution in [0.1, 0.15) is 43.7 Å². The molecule has 1 aliphatic heterocycles. The van der Waals surface area contributed by atoms with Crippen molar-refractivity contribution < 1.29 is 9.90 Å². The van der Waals surface area contributed by atoms with Gasteiger partial charge in [-0.3, -0.25) is 9.69 Å². The predicted octanol–water partition coefficient (Wildman–Crippen LogP) is 4.29. The van der Waals surface area contributed by atoms with Crippen molar-refractivity contribution in [3.05, 3.63) is 35.2 Å². The van der Waals surface area contributed by atoms with Crippen LogP contribution >= 0.6 is 11.3 Å². The van der Waals surface area contributed by atoms with Gasteiger partial charge in [-0.2, -0.15) is 0 Å². The molecule has 1 fully saturated rings. The molecular formula is C17H21NO2S. The van der Waals surface area contributed by atoms with Crippen LogP contribution in [0.2, 0.25) is 0 Å². The Balaban J connectivity index is 1.96. The molecule has 3 nitrogen and oxygen atoms in total. The molecule has 4 heteroatoms. The number of thiophene rings is 1. The first-order chi connectivity index (χ1) is 10.3. The zero-order valence-electron chi connectivity index (χ0n) is 12.1. The predicted molar refractivity (Wildman–Crippen MR) is 86.9 cm³/mol. The summed E-state index contributed by atoms with van der Waals surface area (Å²) < 4.78 is 1.25. The van der Waals surface area contributed by atoms with E-state index in [0.29, 0.717) is 0 Å². The van der Waals surface area contributed by atoms with E-state index in [9.17, 15) is 9.90 Å². The molecule has 2 aromatic rings. The Labute approximate surface area is 129 Å². The van der Waals surface area contributed by atoms with Crippen LogP contribution in [0, 0.1) is 0 Å². The van der Waals surface area contributed by atoms with Gasteiger partial charge in [0.05, 0.1) is 6.42 Å². The molecule has 1 unspecified atom stereocenters. The number of carboxylic acids is 1. The summed E-state index contributed by atoms with van der Waals surface area (Å²) in [5, 5.41) is 12.7. The Hall–Kier alpha value is -1.39. The number of rotatable bonds is 4. The molecule has 0 saturated carbocycles. The highest BCUT2D eigenvalue weighted by Gasteiger charge is 2.26. The monoisotopic (exact) mass is 303 g/mol. The number of nitrogens with zero attached hydrogens (tertiary/aromatic N) is 1. The maximum absolute atomic E-state index is 11.3. The molecule has 21 heavy (non-hydrogen) atoms. The van der Waals surface area contributed by atoms with Gasteiger partial charge in [-0.15, -0.1) is 11.3 Å². The van der Waals surface area contributed by atoms with Gasteiger partial charge in [-0.05, 0) is 48.3 Å². The fraction of sp³-hybridized carbons (Fsp3) is 0.471. The highest BCUT2D eigenvalue weighted by Crippen LogP contribution is 2.35. The Bertz CT molecular complexity index is 614.